The van der Waals surface area contributed by atoms with E-state index in [1.165, 1.54) is 47.5 Å². The lowest BCUT2D eigenvalue weighted by molar-refractivity contribution is 0.374. The van der Waals surface area contributed by atoms with Gasteiger partial charge in [-0.1, -0.05) is 11.1 Å². The maximum atomic E-state index is 13.4. The van der Waals surface area contributed by atoms with Crippen LogP contribution < -0.4 is 4.74 Å². The van der Waals surface area contributed by atoms with Gasteiger partial charge in [0, 0.05) is 13.1 Å². The molecule has 0 amide bonds. The number of sulfonamides is 1. The van der Waals surface area contributed by atoms with Gasteiger partial charge in [0.05, 0.1) is 7.11 Å². The molecule has 1 aromatic rings. The molecule has 3 rings (SSSR count). The van der Waals surface area contributed by atoms with Crippen LogP contribution >= 0.6 is 0 Å². The van der Waals surface area contributed by atoms with Gasteiger partial charge in [-0.25, -0.2) is 12.8 Å². The Morgan fingerprint density at radius 2 is 1.71 bits per heavy atom. The molecule has 0 N–H and O–H groups in total. The highest BCUT2D eigenvalue weighted by Crippen LogP contribution is 2.37. The van der Waals surface area contributed by atoms with Gasteiger partial charge in [0.1, 0.15) is 16.5 Å². The second-order valence-electron chi connectivity index (χ2n) is 5.41. The smallest absolute Gasteiger partial charge is 0.246 e. The summed E-state index contributed by atoms with van der Waals surface area (Å²) in [5, 5.41) is 0. The fourth-order valence-electron chi connectivity index (χ4n) is 2.76. The summed E-state index contributed by atoms with van der Waals surface area (Å²) in [6, 6.07) is 3.58. The first-order valence-electron chi connectivity index (χ1n) is 7.06. The predicted octanol–water partition coefficient (Wildman–Crippen LogP) is 2.71. The van der Waals surface area contributed by atoms with Crippen molar-refractivity contribution in [2.75, 3.05) is 20.2 Å². The monoisotopic (exact) mass is 311 g/mol. The van der Waals surface area contributed by atoms with Crippen LogP contribution in [0.1, 0.15) is 25.7 Å². The van der Waals surface area contributed by atoms with E-state index in [2.05, 4.69) is 0 Å². The lowest BCUT2D eigenvalue weighted by Gasteiger charge is -2.28. The Balaban J connectivity index is 1.87. The maximum Gasteiger partial charge on any atom is 0.246 e. The minimum atomic E-state index is -3.71. The minimum absolute atomic E-state index is 0.0903. The number of halogens is 1. The first-order chi connectivity index (χ1) is 10.0. The van der Waals surface area contributed by atoms with E-state index in [9.17, 15) is 12.8 Å². The fourth-order valence-corrected chi connectivity index (χ4v) is 4.37. The molecule has 0 atom stereocenters. The highest BCUT2D eigenvalue weighted by Gasteiger charge is 2.31. The second kappa shape index (κ2) is 5.42. The summed E-state index contributed by atoms with van der Waals surface area (Å²) in [6.07, 6.45) is 3.90. The van der Waals surface area contributed by atoms with Gasteiger partial charge < -0.3 is 4.74 Å². The van der Waals surface area contributed by atoms with Crippen molar-refractivity contribution in [3.63, 3.8) is 0 Å². The molecule has 21 heavy (non-hydrogen) atoms. The molecule has 0 spiro atoms. The summed E-state index contributed by atoms with van der Waals surface area (Å²) in [7, 11) is -2.32. The highest BCUT2D eigenvalue weighted by atomic mass is 32.2. The maximum absolute atomic E-state index is 13.4. The molecule has 2 fully saturated rings. The summed E-state index contributed by atoms with van der Waals surface area (Å²) in [6.45, 7) is 0.918. The molecule has 0 unspecified atom stereocenters. The van der Waals surface area contributed by atoms with Crippen LogP contribution in [-0.4, -0.2) is 32.9 Å². The predicted molar refractivity (Wildman–Crippen MR) is 77.2 cm³/mol. The summed E-state index contributed by atoms with van der Waals surface area (Å²) >= 11 is 0. The van der Waals surface area contributed by atoms with Crippen LogP contribution in [0.15, 0.2) is 34.2 Å². The minimum Gasteiger partial charge on any atom is -0.495 e. The third kappa shape index (κ3) is 2.82. The fraction of sp³-hybridized carbons (Fsp3) is 0.467. The SMILES string of the molecule is COc1ccc(F)cc1S(=O)(=O)N1CCC(=C2CC2)CC1. The average Bonchev–Trinajstić information content (AvgIpc) is 3.32. The molecule has 1 aliphatic heterocycles. The van der Waals surface area contributed by atoms with Crippen LogP contribution in [0.5, 0.6) is 5.75 Å². The molecular weight excluding hydrogens is 293 g/mol. The largest absolute Gasteiger partial charge is 0.495 e. The molecule has 2 aliphatic rings. The van der Waals surface area contributed by atoms with Crippen molar-refractivity contribution in [3.05, 3.63) is 35.2 Å². The lowest BCUT2D eigenvalue weighted by atomic mass is 10.1. The van der Waals surface area contributed by atoms with Crippen LogP contribution in [0.4, 0.5) is 4.39 Å². The number of piperidine rings is 1. The Labute approximate surface area is 124 Å². The number of rotatable bonds is 3. The van der Waals surface area contributed by atoms with Gasteiger partial charge in [-0.05, 0) is 43.9 Å². The van der Waals surface area contributed by atoms with E-state index >= 15 is 0 Å². The molecule has 1 saturated carbocycles. The van der Waals surface area contributed by atoms with Crippen LogP contribution in [0.2, 0.25) is 0 Å². The van der Waals surface area contributed by atoms with Crippen molar-refractivity contribution < 1.29 is 17.5 Å². The summed E-state index contributed by atoms with van der Waals surface area (Å²) < 4.78 is 45.3. The van der Waals surface area contributed by atoms with Gasteiger partial charge in [-0.15, -0.1) is 0 Å². The van der Waals surface area contributed by atoms with Crippen molar-refractivity contribution in [1.29, 1.82) is 0 Å². The number of nitrogens with zero attached hydrogens (tertiary/aromatic N) is 1. The first kappa shape index (κ1) is 14.5. The third-order valence-corrected chi connectivity index (χ3v) is 5.99. The van der Waals surface area contributed by atoms with E-state index in [0.29, 0.717) is 13.1 Å². The molecule has 1 aromatic carbocycles. The standard InChI is InChI=1S/C15H18FNO3S/c1-20-14-5-4-13(16)10-15(14)21(18,19)17-8-6-12(7-9-17)11-2-3-11/h4-5,10H,2-3,6-9H2,1H3. The average molecular weight is 311 g/mol. The Bertz CT molecular complexity index is 681. The van der Waals surface area contributed by atoms with Crippen LogP contribution in [0, 0.1) is 5.82 Å². The van der Waals surface area contributed by atoms with E-state index in [4.69, 9.17) is 4.74 Å². The quantitative estimate of drug-likeness (QED) is 0.806. The van der Waals surface area contributed by atoms with Crippen molar-refractivity contribution in [2.45, 2.75) is 30.6 Å². The third-order valence-electron chi connectivity index (χ3n) is 4.07. The van der Waals surface area contributed by atoms with Crippen molar-refractivity contribution >= 4 is 10.0 Å². The zero-order valence-corrected chi connectivity index (χ0v) is 12.7. The van der Waals surface area contributed by atoms with E-state index in [1.807, 2.05) is 0 Å². The number of allylic oxidation sites excluding steroid dienone is 1. The molecule has 1 saturated heterocycles. The molecule has 6 heteroatoms. The second-order valence-corrected chi connectivity index (χ2v) is 7.31. The van der Waals surface area contributed by atoms with Crippen molar-refractivity contribution in [3.8, 4) is 5.75 Å². The summed E-state index contributed by atoms with van der Waals surface area (Å²) in [5.74, 6) is -0.394. The normalized spacial score (nSPS) is 19.7. The molecule has 114 valence electrons. The molecule has 4 nitrogen and oxygen atoms in total. The molecule has 0 bridgehead atoms. The van der Waals surface area contributed by atoms with Gasteiger partial charge >= 0.3 is 0 Å². The van der Waals surface area contributed by atoms with Gasteiger partial charge in [0.25, 0.3) is 0 Å². The Kier molecular flexibility index (Phi) is 3.75. The number of methoxy groups -OCH3 is 1. The van der Waals surface area contributed by atoms with Gasteiger partial charge in [-0.3, -0.25) is 0 Å². The van der Waals surface area contributed by atoms with E-state index < -0.39 is 15.8 Å². The summed E-state index contributed by atoms with van der Waals surface area (Å²) in [4.78, 5) is -0.0903. The van der Waals surface area contributed by atoms with Crippen LogP contribution in [-0.2, 0) is 10.0 Å². The van der Waals surface area contributed by atoms with Crippen LogP contribution in [0.3, 0.4) is 0 Å². The van der Waals surface area contributed by atoms with Gasteiger partial charge in [0.2, 0.25) is 10.0 Å². The van der Waals surface area contributed by atoms with Crippen LogP contribution in [0.25, 0.3) is 0 Å². The van der Waals surface area contributed by atoms with Crippen molar-refractivity contribution in [1.82, 2.24) is 4.31 Å². The molecule has 0 radical (unpaired) electrons. The number of hydrogen-bond acceptors (Lipinski definition) is 3. The number of benzene rings is 1. The number of hydrogen-bond donors (Lipinski definition) is 0. The summed E-state index contributed by atoms with van der Waals surface area (Å²) in [5.41, 5.74) is 2.91. The zero-order valence-electron chi connectivity index (χ0n) is 11.9. The first-order valence-corrected chi connectivity index (χ1v) is 8.50. The van der Waals surface area contributed by atoms with E-state index in [0.717, 1.165) is 18.9 Å². The molecule has 1 aliphatic carbocycles. The Morgan fingerprint density at radius 3 is 2.29 bits per heavy atom. The topological polar surface area (TPSA) is 46.6 Å². The van der Waals surface area contributed by atoms with E-state index in [-0.39, 0.29) is 10.6 Å². The zero-order chi connectivity index (χ0) is 15.0. The Hall–Kier alpha value is -1.40. The highest BCUT2D eigenvalue weighted by molar-refractivity contribution is 7.89. The van der Waals surface area contributed by atoms with Crippen molar-refractivity contribution in [2.24, 2.45) is 0 Å². The van der Waals surface area contributed by atoms with Gasteiger partial charge in [0.15, 0.2) is 0 Å². The number of ether oxygens (including phenoxy) is 1. The molecule has 1 heterocycles. The van der Waals surface area contributed by atoms with Gasteiger partial charge in [-0.2, -0.15) is 4.31 Å². The molecular formula is C15H18FNO3S. The Morgan fingerprint density at radius 1 is 1.10 bits per heavy atom. The lowest BCUT2D eigenvalue weighted by Crippen LogP contribution is -2.36. The molecule has 0 aromatic heterocycles. The van der Waals surface area contributed by atoms with E-state index in [1.54, 1.807) is 0 Å².